The first-order chi connectivity index (χ1) is 8.13. The summed E-state index contributed by atoms with van der Waals surface area (Å²) >= 11 is 1.63. The van der Waals surface area contributed by atoms with E-state index in [1.807, 2.05) is 30.5 Å². The molecule has 0 aliphatic heterocycles. The van der Waals surface area contributed by atoms with Crippen molar-refractivity contribution in [2.75, 3.05) is 7.11 Å². The maximum Gasteiger partial charge on any atom is 0.303 e. The lowest BCUT2D eigenvalue weighted by Crippen LogP contribution is -2.02. The number of ether oxygens (including phenoxy) is 1. The molecular weight excluding hydrogens is 236 g/mol. The first-order valence-corrected chi connectivity index (χ1v) is 6.27. The summed E-state index contributed by atoms with van der Waals surface area (Å²) in [7, 11) is 1.64. The number of carbonyl (C=O) groups is 1. The number of hydrogen-bond donors (Lipinski definition) is 1. The van der Waals surface area contributed by atoms with Crippen LogP contribution in [0.15, 0.2) is 23.6 Å². The highest BCUT2D eigenvalue weighted by molar-refractivity contribution is 7.17. The van der Waals surface area contributed by atoms with Crippen molar-refractivity contribution in [3.8, 4) is 5.75 Å². The number of fused-ring (bicyclic) bond motifs is 1. The van der Waals surface area contributed by atoms with Crippen LogP contribution in [-0.4, -0.2) is 18.2 Å². The Labute approximate surface area is 104 Å². The van der Waals surface area contributed by atoms with Gasteiger partial charge in [0.05, 0.1) is 13.5 Å². The number of methoxy groups -OCH3 is 1. The highest BCUT2D eigenvalue weighted by Crippen LogP contribution is 2.38. The third kappa shape index (κ3) is 2.26. The molecule has 0 saturated heterocycles. The molecule has 0 aliphatic rings. The smallest absolute Gasteiger partial charge is 0.303 e. The van der Waals surface area contributed by atoms with E-state index >= 15 is 0 Å². The van der Waals surface area contributed by atoms with Gasteiger partial charge in [0.1, 0.15) is 5.75 Å². The minimum atomic E-state index is -0.772. The Bertz CT molecular complexity index is 545. The van der Waals surface area contributed by atoms with Crippen LogP contribution in [0.2, 0.25) is 0 Å². The predicted molar refractivity (Wildman–Crippen MR) is 69.0 cm³/mol. The van der Waals surface area contributed by atoms with E-state index in [1.165, 1.54) is 0 Å². The Morgan fingerprint density at radius 2 is 2.29 bits per heavy atom. The van der Waals surface area contributed by atoms with Gasteiger partial charge < -0.3 is 9.84 Å². The lowest BCUT2D eigenvalue weighted by Gasteiger charge is -2.10. The average Bonchev–Trinajstić information content (AvgIpc) is 2.71. The molecule has 0 radical (unpaired) electrons. The van der Waals surface area contributed by atoms with Gasteiger partial charge in [-0.2, -0.15) is 0 Å². The third-order valence-corrected chi connectivity index (χ3v) is 3.79. The molecule has 1 aromatic heterocycles. The maximum absolute atomic E-state index is 10.8. The monoisotopic (exact) mass is 250 g/mol. The molecular formula is C13H14O3S. The number of rotatable bonds is 4. The molecule has 17 heavy (non-hydrogen) atoms. The molecule has 0 aliphatic carbocycles. The Balaban J connectivity index is 2.50. The molecule has 3 nitrogen and oxygen atoms in total. The zero-order valence-electron chi connectivity index (χ0n) is 9.77. The molecule has 0 spiro atoms. The van der Waals surface area contributed by atoms with E-state index in [4.69, 9.17) is 9.84 Å². The van der Waals surface area contributed by atoms with Crippen LogP contribution in [0, 0.1) is 0 Å². The van der Waals surface area contributed by atoms with Gasteiger partial charge in [0.25, 0.3) is 0 Å². The van der Waals surface area contributed by atoms with Crippen LogP contribution in [-0.2, 0) is 4.79 Å². The predicted octanol–water partition coefficient (Wildman–Crippen LogP) is 3.49. The standard InChI is InChI=1S/C13H14O3S/c1-8(6-12(14)15)9-7-17-11-5-3-4-10(16-2)13(9)11/h3-5,7-8H,6H2,1-2H3,(H,14,15). The van der Waals surface area contributed by atoms with Crippen molar-refractivity contribution in [2.24, 2.45) is 0 Å². The minimum absolute atomic E-state index is 0.00227. The molecule has 0 amide bonds. The average molecular weight is 250 g/mol. The summed E-state index contributed by atoms with van der Waals surface area (Å²) in [6.07, 6.45) is 0.143. The summed E-state index contributed by atoms with van der Waals surface area (Å²) in [5.41, 5.74) is 1.06. The Hall–Kier alpha value is -1.55. The molecule has 1 unspecified atom stereocenters. The molecule has 0 fully saturated rings. The summed E-state index contributed by atoms with van der Waals surface area (Å²) < 4.78 is 6.48. The first-order valence-electron chi connectivity index (χ1n) is 5.39. The van der Waals surface area contributed by atoms with Gasteiger partial charge in [-0.25, -0.2) is 0 Å². The number of thiophene rings is 1. The van der Waals surface area contributed by atoms with E-state index in [-0.39, 0.29) is 12.3 Å². The van der Waals surface area contributed by atoms with Crippen molar-refractivity contribution < 1.29 is 14.6 Å². The van der Waals surface area contributed by atoms with E-state index in [9.17, 15) is 4.79 Å². The first kappa shape index (κ1) is 11.9. The lowest BCUT2D eigenvalue weighted by atomic mass is 9.97. The highest BCUT2D eigenvalue weighted by atomic mass is 32.1. The molecule has 1 N–H and O–H groups in total. The number of aliphatic carboxylic acids is 1. The molecule has 1 aromatic carbocycles. The summed E-state index contributed by atoms with van der Waals surface area (Å²) in [6.45, 7) is 1.93. The van der Waals surface area contributed by atoms with Crippen LogP contribution in [0.5, 0.6) is 5.75 Å². The van der Waals surface area contributed by atoms with Crippen LogP contribution >= 0.6 is 11.3 Å². The molecule has 0 bridgehead atoms. The van der Waals surface area contributed by atoms with Gasteiger partial charge >= 0.3 is 5.97 Å². The molecule has 1 heterocycles. The largest absolute Gasteiger partial charge is 0.496 e. The molecule has 1 atom stereocenters. The quantitative estimate of drug-likeness (QED) is 0.903. The fourth-order valence-electron chi connectivity index (χ4n) is 1.98. The van der Waals surface area contributed by atoms with Gasteiger partial charge in [-0.1, -0.05) is 13.0 Å². The second-order valence-corrected chi connectivity index (χ2v) is 4.93. The van der Waals surface area contributed by atoms with Gasteiger partial charge in [0.2, 0.25) is 0 Å². The maximum atomic E-state index is 10.8. The van der Waals surface area contributed by atoms with Crippen molar-refractivity contribution in [3.63, 3.8) is 0 Å². The van der Waals surface area contributed by atoms with Crippen LogP contribution in [0.4, 0.5) is 0 Å². The second kappa shape index (κ2) is 4.75. The van der Waals surface area contributed by atoms with E-state index in [1.54, 1.807) is 18.4 Å². The highest BCUT2D eigenvalue weighted by Gasteiger charge is 2.17. The van der Waals surface area contributed by atoms with Crippen molar-refractivity contribution >= 4 is 27.4 Å². The third-order valence-electron chi connectivity index (χ3n) is 2.82. The Kier molecular flexibility index (Phi) is 3.33. The van der Waals surface area contributed by atoms with Crippen molar-refractivity contribution in [1.29, 1.82) is 0 Å². The number of carboxylic acid groups (broad SMARTS) is 1. The zero-order valence-corrected chi connectivity index (χ0v) is 10.6. The van der Waals surface area contributed by atoms with Crippen molar-refractivity contribution in [2.45, 2.75) is 19.3 Å². The molecule has 90 valence electrons. The topological polar surface area (TPSA) is 46.5 Å². The van der Waals surface area contributed by atoms with Crippen LogP contribution < -0.4 is 4.74 Å². The van der Waals surface area contributed by atoms with E-state index in [0.29, 0.717) is 0 Å². The molecule has 2 aromatic rings. The molecule has 4 heteroatoms. The van der Waals surface area contributed by atoms with Gasteiger partial charge in [-0.05, 0) is 29.0 Å². The number of carboxylic acids is 1. The Morgan fingerprint density at radius 3 is 2.94 bits per heavy atom. The van der Waals surface area contributed by atoms with Crippen LogP contribution in [0.3, 0.4) is 0 Å². The minimum Gasteiger partial charge on any atom is -0.496 e. The fraction of sp³-hybridized carbons (Fsp3) is 0.308. The summed E-state index contributed by atoms with van der Waals surface area (Å²) in [6, 6.07) is 5.88. The summed E-state index contributed by atoms with van der Waals surface area (Å²) in [4.78, 5) is 10.8. The van der Waals surface area contributed by atoms with Crippen molar-refractivity contribution in [1.82, 2.24) is 0 Å². The number of hydrogen-bond acceptors (Lipinski definition) is 3. The van der Waals surface area contributed by atoms with Crippen LogP contribution in [0.1, 0.15) is 24.8 Å². The molecule has 2 rings (SSSR count). The summed E-state index contributed by atoms with van der Waals surface area (Å²) in [5, 5.41) is 11.9. The van der Waals surface area contributed by atoms with Crippen molar-refractivity contribution in [3.05, 3.63) is 29.1 Å². The summed E-state index contributed by atoms with van der Waals surface area (Å²) in [5.74, 6) is 0.0419. The lowest BCUT2D eigenvalue weighted by molar-refractivity contribution is -0.137. The van der Waals surface area contributed by atoms with E-state index in [2.05, 4.69) is 0 Å². The zero-order chi connectivity index (χ0) is 12.4. The van der Waals surface area contributed by atoms with Gasteiger partial charge in [-0.3, -0.25) is 4.79 Å². The van der Waals surface area contributed by atoms with Gasteiger partial charge in [-0.15, -0.1) is 11.3 Å². The van der Waals surface area contributed by atoms with Crippen LogP contribution in [0.25, 0.3) is 10.1 Å². The second-order valence-electron chi connectivity index (χ2n) is 4.02. The SMILES string of the molecule is COc1cccc2scc(C(C)CC(=O)O)c12. The van der Waals surface area contributed by atoms with E-state index in [0.717, 1.165) is 21.4 Å². The van der Waals surface area contributed by atoms with Gasteiger partial charge in [0, 0.05) is 10.1 Å². The van der Waals surface area contributed by atoms with E-state index < -0.39 is 5.97 Å². The molecule has 0 saturated carbocycles. The van der Waals surface area contributed by atoms with Gasteiger partial charge in [0.15, 0.2) is 0 Å². The number of benzene rings is 1. The fourth-order valence-corrected chi connectivity index (χ4v) is 3.08. The Morgan fingerprint density at radius 1 is 1.53 bits per heavy atom. The normalized spacial score (nSPS) is 12.6.